The molecule has 0 radical (unpaired) electrons. The van der Waals surface area contributed by atoms with Crippen molar-refractivity contribution in [2.24, 2.45) is 0 Å². The summed E-state index contributed by atoms with van der Waals surface area (Å²) in [4.78, 5) is 19.7. The normalized spacial score (nSPS) is 10.0. The van der Waals surface area contributed by atoms with Crippen LogP contribution in [0.4, 0.5) is 11.4 Å². The Kier molecular flexibility index (Phi) is 4.14. The molecule has 1 aromatic heterocycles. The maximum absolute atomic E-state index is 11.7. The van der Waals surface area contributed by atoms with Crippen molar-refractivity contribution in [1.82, 2.24) is 9.97 Å². The highest BCUT2D eigenvalue weighted by molar-refractivity contribution is 7.99. The number of hydrogen-bond donors (Lipinski definition) is 2. The summed E-state index contributed by atoms with van der Waals surface area (Å²) in [5.74, 6) is 0.207. The Balaban J connectivity index is 1.84. The van der Waals surface area contributed by atoms with Crippen LogP contribution in [0, 0.1) is 0 Å². The van der Waals surface area contributed by atoms with E-state index >= 15 is 0 Å². The minimum Gasteiger partial charge on any atom is -0.399 e. The summed E-state index contributed by atoms with van der Waals surface area (Å²) in [7, 11) is 0. The van der Waals surface area contributed by atoms with Gasteiger partial charge in [0.25, 0.3) is 0 Å². The quantitative estimate of drug-likeness (QED) is 0.647. The Labute approximate surface area is 109 Å². The average molecular weight is 260 g/mol. The lowest BCUT2D eigenvalue weighted by atomic mass is 10.3. The largest absolute Gasteiger partial charge is 0.399 e. The number of hydrogen-bond acceptors (Lipinski definition) is 5. The number of benzene rings is 1. The monoisotopic (exact) mass is 260 g/mol. The van der Waals surface area contributed by atoms with Gasteiger partial charge in [-0.2, -0.15) is 0 Å². The fourth-order valence-corrected chi connectivity index (χ4v) is 1.88. The van der Waals surface area contributed by atoms with E-state index in [0.29, 0.717) is 11.4 Å². The van der Waals surface area contributed by atoms with Gasteiger partial charge in [0.2, 0.25) is 5.91 Å². The molecule has 18 heavy (non-hydrogen) atoms. The Bertz CT molecular complexity index is 515. The zero-order valence-corrected chi connectivity index (χ0v) is 10.4. The maximum atomic E-state index is 11.7. The van der Waals surface area contributed by atoms with Gasteiger partial charge < -0.3 is 11.1 Å². The first-order valence-electron chi connectivity index (χ1n) is 5.28. The van der Waals surface area contributed by atoms with Crippen LogP contribution >= 0.6 is 11.8 Å². The molecule has 92 valence electrons. The highest BCUT2D eigenvalue weighted by atomic mass is 32.2. The standard InChI is InChI=1S/C12H12N4OS/c13-9-1-3-10(4-2-9)16-11(17)8-18-12-7-14-5-6-15-12/h1-7H,8,13H2,(H,16,17). The Morgan fingerprint density at radius 1 is 1.28 bits per heavy atom. The molecule has 1 amide bonds. The number of amides is 1. The van der Waals surface area contributed by atoms with Gasteiger partial charge in [0.05, 0.1) is 11.9 Å². The SMILES string of the molecule is Nc1ccc(NC(=O)CSc2cnccn2)cc1. The lowest BCUT2D eigenvalue weighted by Gasteiger charge is -2.04. The van der Waals surface area contributed by atoms with Crippen molar-refractivity contribution in [3.05, 3.63) is 42.9 Å². The van der Waals surface area contributed by atoms with Crippen LogP contribution in [0.15, 0.2) is 47.9 Å². The van der Waals surface area contributed by atoms with Crippen molar-refractivity contribution in [3.8, 4) is 0 Å². The summed E-state index contributed by atoms with van der Waals surface area (Å²) in [6.07, 6.45) is 4.82. The predicted octanol–water partition coefficient (Wildman–Crippen LogP) is 1.79. The molecule has 5 nitrogen and oxygen atoms in total. The molecule has 3 N–H and O–H groups in total. The minimum atomic E-state index is -0.0876. The Hall–Kier alpha value is -2.08. The first kappa shape index (κ1) is 12.4. The van der Waals surface area contributed by atoms with Gasteiger partial charge in [-0.15, -0.1) is 0 Å². The number of rotatable bonds is 4. The smallest absolute Gasteiger partial charge is 0.234 e. The summed E-state index contributed by atoms with van der Waals surface area (Å²) >= 11 is 1.34. The fraction of sp³-hybridized carbons (Fsp3) is 0.0833. The molecule has 0 saturated heterocycles. The Morgan fingerprint density at radius 2 is 2.06 bits per heavy atom. The number of thioether (sulfide) groups is 1. The molecule has 1 heterocycles. The van der Waals surface area contributed by atoms with Gasteiger partial charge in [0.15, 0.2) is 0 Å². The van der Waals surface area contributed by atoms with Crippen molar-refractivity contribution in [2.45, 2.75) is 5.03 Å². The van der Waals surface area contributed by atoms with Gasteiger partial charge in [0.1, 0.15) is 5.03 Å². The summed E-state index contributed by atoms with van der Waals surface area (Å²) < 4.78 is 0. The molecule has 2 aromatic rings. The van der Waals surface area contributed by atoms with Crippen LogP contribution in [0.3, 0.4) is 0 Å². The average Bonchev–Trinajstić information content (AvgIpc) is 2.40. The van der Waals surface area contributed by atoms with Crippen LogP contribution in [0.1, 0.15) is 0 Å². The van der Waals surface area contributed by atoms with E-state index in [-0.39, 0.29) is 5.91 Å². The first-order valence-corrected chi connectivity index (χ1v) is 6.27. The molecule has 0 aliphatic heterocycles. The molecule has 1 aromatic carbocycles. The van der Waals surface area contributed by atoms with Crippen molar-refractivity contribution in [1.29, 1.82) is 0 Å². The molecular weight excluding hydrogens is 248 g/mol. The number of nitrogens with two attached hydrogens (primary N) is 1. The van der Waals surface area contributed by atoms with Gasteiger partial charge in [-0.3, -0.25) is 9.78 Å². The fourth-order valence-electron chi connectivity index (χ4n) is 1.26. The van der Waals surface area contributed by atoms with E-state index in [1.807, 2.05) is 0 Å². The number of anilines is 2. The zero-order valence-electron chi connectivity index (χ0n) is 9.54. The molecule has 0 saturated carbocycles. The van der Waals surface area contributed by atoms with Crippen molar-refractivity contribution in [3.63, 3.8) is 0 Å². The van der Waals surface area contributed by atoms with Gasteiger partial charge in [-0.25, -0.2) is 4.98 Å². The molecule has 0 aliphatic carbocycles. The molecule has 0 spiro atoms. The molecule has 0 fully saturated rings. The summed E-state index contributed by atoms with van der Waals surface area (Å²) in [5.41, 5.74) is 6.96. The van der Waals surface area contributed by atoms with Crippen LogP contribution in [-0.2, 0) is 4.79 Å². The summed E-state index contributed by atoms with van der Waals surface area (Å²) in [6.45, 7) is 0. The van der Waals surface area contributed by atoms with Gasteiger partial charge >= 0.3 is 0 Å². The van der Waals surface area contributed by atoms with E-state index in [0.717, 1.165) is 10.7 Å². The molecule has 0 atom stereocenters. The number of nitrogens with one attached hydrogen (secondary N) is 1. The number of carbonyl (C=O) groups excluding carboxylic acids is 1. The van der Waals surface area contributed by atoms with Crippen molar-refractivity contribution in [2.75, 3.05) is 16.8 Å². The molecule has 0 aliphatic rings. The second-order valence-corrected chi connectivity index (χ2v) is 4.50. The third-order valence-electron chi connectivity index (χ3n) is 2.09. The topological polar surface area (TPSA) is 80.9 Å². The van der Waals surface area contributed by atoms with E-state index in [4.69, 9.17) is 5.73 Å². The van der Waals surface area contributed by atoms with E-state index in [9.17, 15) is 4.79 Å². The molecular formula is C12H12N4OS. The summed E-state index contributed by atoms with van der Waals surface area (Å²) in [6, 6.07) is 7.01. The van der Waals surface area contributed by atoms with Crippen molar-refractivity contribution >= 4 is 29.0 Å². The predicted molar refractivity (Wildman–Crippen MR) is 72.2 cm³/mol. The van der Waals surface area contributed by atoms with Crippen molar-refractivity contribution < 1.29 is 4.79 Å². The molecule has 0 unspecified atom stereocenters. The molecule has 6 heteroatoms. The maximum Gasteiger partial charge on any atom is 0.234 e. The highest BCUT2D eigenvalue weighted by Crippen LogP contribution is 2.14. The Morgan fingerprint density at radius 3 is 2.72 bits per heavy atom. The van der Waals surface area contributed by atoms with Crippen LogP contribution in [0.5, 0.6) is 0 Å². The third kappa shape index (κ3) is 3.74. The number of aromatic nitrogens is 2. The number of nitrogens with zero attached hydrogens (tertiary/aromatic N) is 2. The minimum absolute atomic E-state index is 0.0876. The third-order valence-corrected chi connectivity index (χ3v) is 3.00. The van der Waals surface area contributed by atoms with E-state index in [1.54, 1.807) is 42.9 Å². The molecule has 2 rings (SSSR count). The first-order chi connectivity index (χ1) is 8.74. The summed E-state index contributed by atoms with van der Waals surface area (Å²) in [5, 5.41) is 3.50. The van der Waals surface area contributed by atoms with Crippen LogP contribution in [0.25, 0.3) is 0 Å². The van der Waals surface area contributed by atoms with Gasteiger partial charge in [0, 0.05) is 23.8 Å². The van der Waals surface area contributed by atoms with E-state index < -0.39 is 0 Å². The zero-order chi connectivity index (χ0) is 12.8. The van der Waals surface area contributed by atoms with Gasteiger partial charge in [-0.05, 0) is 24.3 Å². The highest BCUT2D eigenvalue weighted by Gasteiger charge is 2.04. The van der Waals surface area contributed by atoms with Crippen LogP contribution in [-0.4, -0.2) is 21.6 Å². The number of nitrogen functional groups attached to an aromatic ring is 1. The van der Waals surface area contributed by atoms with E-state index in [1.165, 1.54) is 11.8 Å². The van der Waals surface area contributed by atoms with Gasteiger partial charge in [-0.1, -0.05) is 11.8 Å². The number of carbonyl (C=O) groups is 1. The van der Waals surface area contributed by atoms with Crippen LogP contribution in [0.2, 0.25) is 0 Å². The van der Waals surface area contributed by atoms with E-state index in [2.05, 4.69) is 15.3 Å². The second kappa shape index (κ2) is 6.02. The lowest BCUT2D eigenvalue weighted by molar-refractivity contribution is -0.113. The van der Waals surface area contributed by atoms with Crippen LogP contribution < -0.4 is 11.1 Å². The lowest BCUT2D eigenvalue weighted by Crippen LogP contribution is -2.14. The molecule has 0 bridgehead atoms. The second-order valence-electron chi connectivity index (χ2n) is 3.50.